The smallest absolute Gasteiger partial charge is 0.178 e. The number of ketones is 1. The number of nitrogens with zero attached hydrogens (tertiary/aromatic N) is 2. The fourth-order valence-electron chi connectivity index (χ4n) is 1.53. The lowest BCUT2D eigenvalue weighted by molar-refractivity contribution is 0.101. The third-order valence-corrected chi connectivity index (χ3v) is 2.32. The topological polar surface area (TPSA) is 33.2 Å². The minimum Gasteiger partial charge on any atom is -0.367 e. The quantitative estimate of drug-likeness (QED) is 0.543. The van der Waals surface area contributed by atoms with Crippen LogP contribution in [-0.2, 0) is 0 Å². The maximum atomic E-state index is 11.1. The van der Waals surface area contributed by atoms with Crippen molar-refractivity contribution in [1.82, 2.24) is 4.98 Å². The first-order valence-corrected chi connectivity index (χ1v) is 5.51. The highest BCUT2D eigenvalue weighted by Crippen LogP contribution is 2.13. The summed E-state index contributed by atoms with van der Waals surface area (Å²) in [4.78, 5) is 17.4. The highest BCUT2D eigenvalue weighted by Gasteiger charge is 2.05. The van der Waals surface area contributed by atoms with Crippen LogP contribution in [-0.4, -0.2) is 23.9 Å². The molecule has 0 aliphatic rings. The zero-order valence-corrected chi connectivity index (χ0v) is 9.94. The number of Topliss-reactive ketones (excluding diaryl/α,β-unsaturated/α-hetero) is 1. The first-order chi connectivity index (χ1) is 7.69. The SMILES string of the molecule is C=CCN(CCC)c1ccc(C(C)=O)nc1. The first kappa shape index (κ1) is 12.4. The lowest BCUT2D eigenvalue weighted by atomic mass is 10.2. The monoisotopic (exact) mass is 218 g/mol. The summed E-state index contributed by atoms with van der Waals surface area (Å²) in [6, 6.07) is 3.70. The van der Waals surface area contributed by atoms with Gasteiger partial charge in [-0.2, -0.15) is 0 Å². The van der Waals surface area contributed by atoms with Crippen molar-refractivity contribution in [2.24, 2.45) is 0 Å². The summed E-state index contributed by atoms with van der Waals surface area (Å²) < 4.78 is 0. The zero-order chi connectivity index (χ0) is 12.0. The van der Waals surface area contributed by atoms with Gasteiger partial charge in [-0.05, 0) is 18.6 Å². The zero-order valence-electron chi connectivity index (χ0n) is 9.94. The van der Waals surface area contributed by atoms with Crippen molar-refractivity contribution in [2.45, 2.75) is 20.3 Å². The van der Waals surface area contributed by atoms with Crippen molar-refractivity contribution in [3.8, 4) is 0 Å². The van der Waals surface area contributed by atoms with Crippen LogP contribution < -0.4 is 4.90 Å². The summed E-state index contributed by atoms with van der Waals surface area (Å²) in [5.41, 5.74) is 1.55. The van der Waals surface area contributed by atoms with Crippen molar-refractivity contribution in [3.63, 3.8) is 0 Å². The minimum atomic E-state index is -0.00249. The van der Waals surface area contributed by atoms with Crippen LogP contribution in [0.15, 0.2) is 31.0 Å². The Morgan fingerprint density at radius 1 is 1.56 bits per heavy atom. The van der Waals surface area contributed by atoms with Gasteiger partial charge in [0.05, 0.1) is 11.9 Å². The lowest BCUT2D eigenvalue weighted by Gasteiger charge is -2.22. The van der Waals surface area contributed by atoms with Crippen molar-refractivity contribution in [3.05, 3.63) is 36.7 Å². The standard InChI is InChI=1S/C13H18N2O/c1-4-8-15(9-5-2)12-6-7-13(11(3)16)14-10-12/h4,6-7,10H,1,5,8-9H2,2-3H3. The predicted molar refractivity (Wildman–Crippen MR) is 66.9 cm³/mol. The number of hydrogen-bond acceptors (Lipinski definition) is 3. The molecular formula is C13H18N2O. The summed E-state index contributed by atoms with van der Waals surface area (Å²) >= 11 is 0. The summed E-state index contributed by atoms with van der Waals surface area (Å²) in [6.07, 6.45) is 4.69. The average Bonchev–Trinajstić information content (AvgIpc) is 2.29. The molecule has 1 aromatic heterocycles. The van der Waals surface area contributed by atoms with Crippen LogP contribution in [0.3, 0.4) is 0 Å². The molecule has 3 heteroatoms. The summed E-state index contributed by atoms with van der Waals surface area (Å²) in [5, 5.41) is 0. The van der Waals surface area contributed by atoms with E-state index in [0.717, 1.165) is 25.2 Å². The van der Waals surface area contributed by atoms with Crippen molar-refractivity contribution >= 4 is 11.5 Å². The van der Waals surface area contributed by atoms with Gasteiger partial charge >= 0.3 is 0 Å². The van der Waals surface area contributed by atoms with Gasteiger partial charge in [0, 0.05) is 20.0 Å². The third kappa shape index (κ3) is 3.19. The molecule has 3 nitrogen and oxygen atoms in total. The molecule has 0 saturated heterocycles. The summed E-state index contributed by atoms with van der Waals surface area (Å²) in [7, 11) is 0. The molecule has 0 atom stereocenters. The van der Waals surface area contributed by atoms with E-state index in [9.17, 15) is 4.79 Å². The highest BCUT2D eigenvalue weighted by molar-refractivity contribution is 5.92. The molecule has 1 aromatic rings. The van der Waals surface area contributed by atoms with Crippen molar-refractivity contribution < 1.29 is 4.79 Å². The largest absolute Gasteiger partial charge is 0.367 e. The second-order valence-electron chi connectivity index (χ2n) is 3.69. The van der Waals surface area contributed by atoms with Gasteiger partial charge in [0.25, 0.3) is 0 Å². The van der Waals surface area contributed by atoms with Crippen LogP contribution in [0.1, 0.15) is 30.8 Å². The highest BCUT2D eigenvalue weighted by atomic mass is 16.1. The van der Waals surface area contributed by atoms with Crippen LogP contribution in [0.25, 0.3) is 0 Å². The van der Waals surface area contributed by atoms with Gasteiger partial charge < -0.3 is 4.90 Å². The van der Waals surface area contributed by atoms with Gasteiger partial charge in [-0.1, -0.05) is 13.0 Å². The fraction of sp³-hybridized carbons (Fsp3) is 0.385. The van der Waals surface area contributed by atoms with Gasteiger partial charge in [-0.15, -0.1) is 6.58 Å². The van der Waals surface area contributed by atoms with Gasteiger partial charge in [0.1, 0.15) is 5.69 Å². The average molecular weight is 218 g/mol. The number of hydrogen-bond donors (Lipinski definition) is 0. The molecule has 0 aromatic carbocycles. The number of pyridine rings is 1. The molecule has 0 amide bonds. The van der Waals surface area contributed by atoms with E-state index in [-0.39, 0.29) is 5.78 Å². The Kier molecular flexibility index (Phi) is 4.70. The molecule has 1 rings (SSSR count). The van der Waals surface area contributed by atoms with E-state index in [4.69, 9.17) is 0 Å². The van der Waals surface area contributed by atoms with E-state index >= 15 is 0 Å². The third-order valence-electron chi connectivity index (χ3n) is 2.32. The Bertz CT molecular complexity index is 357. The normalized spacial score (nSPS) is 9.88. The number of rotatable bonds is 6. The Morgan fingerprint density at radius 2 is 2.31 bits per heavy atom. The van der Waals surface area contributed by atoms with Gasteiger partial charge in [0.2, 0.25) is 0 Å². The molecule has 0 fully saturated rings. The van der Waals surface area contributed by atoms with E-state index in [1.165, 1.54) is 6.92 Å². The molecule has 0 unspecified atom stereocenters. The Morgan fingerprint density at radius 3 is 2.75 bits per heavy atom. The molecule has 16 heavy (non-hydrogen) atoms. The minimum absolute atomic E-state index is 0.00249. The molecule has 86 valence electrons. The predicted octanol–water partition coefficient (Wildman–Crippen LogP) is 2.69. The Balaban J connectivity index is 2.84. The first-order valence-electron chi connectivity index (χ1n) is 5.51. The van der Waals surface area contributed by atoms with Crippen LogP contribution in [0.2, 0.25) is 0 Å². The molecule has 0 aliphatic heterocycles. The van der Waals surface area contributed by atoms with Crippen LogP contribution in [0.4, 0.5) is 5.69 Å². The van der Waals surface area contributed by atoms with Crippen molar-refractivity contribution in [2.75, 3.05) is 18.0 Å². The Labute approximate surface area is 96.8 Å². The molecule has 1 heterocycles. The van der Waals surface area contributed by atoms with E-state index in [1.54, 1.807) is 12.3 Å². The lowest BCUT2D eigenvalue weighted by Crippen LogP contribution is -2.24. The molecular weight excluding hydrogens is 200 g/mol. The summed E-state index contributed by atoms with van der Waals surface area (Å²) in [5.74, 6) is -0.00249. The van der Waals surface area contributed by atoms with Crippen LogP contribution >= 0.6 is 0 Å². The van der Waals surface area contributed by atoms with E-state index < -0.39 is 0 Å². The maximum absolute atomic E-state index is 11.1. The molecule has 0 N–H and O–H groups in total. The van der Waals surface area contributed by atoms with Crippen molar-refractivity contribution in [1.29, 1.82) is 0 Å². The molecule has 0 saturated carbocycles. The van der Waals surface area contributed by atoms with E-state index in [2.05, 4.69) is 23.4 Å². The number of aromatic nitrogens is 1. The number of carbonyl (C=O) groups is 1. The number of carbonyl (C=O) groups excluding carboxylic acids is 1. The van der Waals surface area contributed by atoms with Gasteiger partial charge in [-0.25, -0.2) is 0 Å². The van der Waals surface area contributed by atoms with Crippen LogP contribution in [0, 0.1) is 0 Å². The van der Waals surface area contributed by atoms with Crippen LogP contribution in [0.5, 0.6) is 0 Å². The molecule has 0 spiro atoms. The molecule has 0 bridgehead atoms. The van der Waals surface area contributed by atoms with Gasteiger partial charge in [-0.3, -0.25) is 9.78 Å². The molecule has 0 aliphatic carbocycles. The Hall–Kier alpha value is -1.64. The summed E-state index contributed by atoms with van der Waals surface area (Å²) in [6.45, 7) is 9.16. The molecule has 0 radical (unpaired) electrons. The number of anilines is 1. The van der Waals surface area contributed by atoms with E-state index in [0.29, 0.717) is 5.69 Å². The second kappa shape index (κ2) is 6.05. The second-order valence-corrected chi connectivity index (χ2v) is 3.69. The fourth-order valence-corrected chi connectivity index (χ4v) is 1.53. The maximum Gasteiger partial charge on any atom is 0.178 e. The van der Waals surface area contributed by atoms with Gasteiger partial charge in [0.15, 0.2) is 5.78 Å². The van der Waals surface area contributed by atoms with E-state index in [1.807, 2.05) is 12.1 Å².